The Balaban J connectivity index is 1.76. The van der Waals surface area contributed by atoms with Crippen molar-refractivity contribution in [3.63, 3.8) is 0 Å². The third-order valence-corrected chi connectivity index (χ3v) is 5.00. The molecule has 0 aliphatic rings. The van der Waals surface area contributed by atoms with Gasteiger partial charge in [0.15, 0.2) is 5.78 Å². The van der Waals surface area contributed by atoms with Crippen LogP contribution in [-0.2, 0) is 17.6 Å². The zero-order valence-electron chi connectivity index (χ0n) is 16.4. The molecule has 4 nitrogen and oxygen atoms in total. The fourth-order valence-electron chi connectivity index (χ4n) is 3.37. The number of nitrogens with zero attached hydrogens (tertiary/aromatic N) is 1. The molecule has 0 aliphatic heterocycles. The molecular formula is C23H28ClNO3. The highest BCUT2D eigenvalue weighted by molar-refractivity contribution is 6.30. The van der Waals surface area contributed by atoms with Gasteiger partial charge in [-0.1, -0.05) is 49.6 Å². The van der Waals surface area contributed by atoms with Gasteiger partial charge < -0.3 is 5.11 Å². The molecule has 2 aromatic rings. The minimum Gasteiger partial charge on any atom is -0.481 e. The van der Waals surface area contributed by atoms with Gasteiger partial charge in [-0.2, -0.15) is 0 Å². The van der Waals surface area contributed by atoms with E-state index in [9.17, 15) is 9.59 Å². The molecule has 1 atom stereocenters. The Kier molecular flexibility index (Phi) is 9.15. The molecule has 1 aromatic heterocycles. The Morgan fingerprint density at radius 1 is 1.04 bits per heavy atom. The van der Waals surface area contributed by atoms with Crippen LogP contribution in [0.5, 0.6) is 0 Å². The van der Waals surface area contributed by atoms with Crippen LogP contribution in [0, 0.1) is 5.92 Å². The third-order valence-electron chi connectivity index (χ3n) is 4.76. The summed E-state index contributed by atoms with van der Waals surface area (Å²) in [4.78, 5) is 27.6. The summed E-state index contributed by atoms with van der Waals surface area (Å²) in [7, 11) is 0. The number of aromatic nitrogens is 1. The first-order valence-electron chi connectivity index (χ1n) is 9.89. The number of carbonyl (C=O) groups is 2. The van der Waals surface area contributed by atoms with Crippen molar-refractivity contribution in [2.75, 3.05) is 0 Å². The highest BCUT2D eigenvalue weighted by Gasteiger charge is 2.17. The monoisotopic (exact) mass is 401 g/mol. The highest BCUT2D eigenvalue weighted by atomic mass is 35.5. The van der Waals surface area contributed by atoms with E-state index in [1.165, 1.54) is 5.56 Å². The van der Waals surface area contributed by atoms with E-state index in [0.717, 1.165) is 49.1 Å². The van der Waals surface area contributed by atoms with Crippen molar-refractivity contribution in [1.29, 1.82) is 0 Å². The summed E-state index contributed by atoms with van der Waals surface area (Å²) in [5.41, 5.74) is 2.73. The van der Waals surface area contributed by atoms with Gasteiger partial charge in [0.05, 0.1) is 0 Å². The lowest BCUT2D eigenvalue weighted by Gasteiger charge is -2.10. The van der Waals surface area contributed by atoms with Gasteiger partial charge in [-0.05, 0) is 60.9 Å². The Morgan fingerprint density at radius 2 is 1.79 bits per heavy atom. The van der Waals surface area contributed by atoms with Gasteiger partial charge in [0.25, 0.3) is 0 Å². The van der Waals surface area contributed by atoms with E-state index in [1.54, 1.807) is 13.1 Å². The molecule has 0 saturated heterocycles. The lowest BCUT2D eigenvalue weighted by atomic mass is 9.95. The van der Waals surface area contributed by atoms with Crippen LogP contribution in [0.25, 0.3) is 0 Å². The first-order valence-corrected chi connectivity index (χ1v) is 10.3. The number of ketones is 1. The van der Waals surface area contributed by atoms with Crippen LogP contribution in [0.4, 0.5) is 0 Å². The predicted molar refractivity (Wildman–Crippen MR) is 112 cm³/mol. The van der Waals surface area contributed by atoms with Crippen molar-refractivity contribution in [3.05, 3.63) is 64.4 Å². The SMILES string of the molecule is C[C@H](CC(=O)O)CC(=O)c1ncccc1CCCCCCc1cccc(Cl)c1. The zero-order chi connectivity index (χ0) is 20.4. The van der Waals surface area contributed by atoms with Crippen molar-refractivity contribution in [2.24, 2.45) is 5.92 Å². The van der Waals surface area contributed by atoms with Crippen LogP contribution in [0.3, 0.4) is 0 Å². The Hall–Kier alpha value is -2.20. The van der Waals surface area contributed by atoms with Crippen LogP contribution >= 0.6 is 11.6 Å². The molecule has 0 spiro atoms. The molecule has 0 radical (unpaired) electrons. The quantitative estimate of drug-likeness (QED) is 0.362. The van der Waals surface area contributed by atoms with Crippen LogP contribution in [0.1, 0.15) is 67.1 Å². The number of unbranched alkanes of at least 4 members (excludes halogenated alkanes) is 3. The standard InChI is InChI=1S/C23H28ClNO3/c1-17(15-22(27)28)14-21(26)23-19(11-7-13-25-23)10-5-3-2-4-8-18-9-6-12-20(24)16-18/h6-7,9,11-13,16-17H,2-5,8,10,14-15H2,1H3,(H,27,28)/t17-/m0/s1. The van der Waals surface area contributed by atoms with Crippen LogP contribution < -0.4 is 0 Å². The van der Waals surface area contributed by atoms with Gasteiger partial charge in [0.2, 0.25) is 0 Å². The smallest absolute Gasteiger partial charge is 0.303 e. The second kappa shape index (κ2) is 11.6. The lowest BCUT2D eigenvalue weighted by Crippen LogP contribution is -2.13. The van der Waals surface area contributed by atoms with Gasteiger partial charge >= 0.3 is 5.97 Å². The third kappa shape index (κ3) is 7.81. The molecule has 0 aliphatic carbocycles. The van der Waals surface area contributed by atoms with E-state index in [-0.39, 0.29) is 24.5 Å². The first kappa shape index (κ1) is 22.1. The lowest BCUT2D eigenvalue weighted by molar-refractivity contribution is -0.137. The summed E-state index contributed by atoms with van der Waals surface area (Å²) in [5, 5.41) is 9.64. The van der Waals surface area contributed by atoms with Crippen molar-refractivity contribution in [2.45, 2.75) is 58.3 Å². The second-order valence-electron chi connectivity index (χ2n) is 7.39. The molecule has 1 N–H and O–H groups in total. The van der Waals surface area contributed by atoms with E-state index >= 15 is 0 Å². The second-order valence-corrected chi connectivity index (χ2v) is 7.82. The molecule has 0 saturated carbocycles. The van der Waals surface area contributed by atoms with Gasteiger partial charge in [-0.3, -0.25) is 14.6 Å². The number of hydrogen-bond donors (Lipinski definition) is 1. The van der Waals surface area contributed by atoms with E-state index < -0.39 is 5.97 Å². The summed E-state index contributed by atoms with van der Waals surface area (Å²) in [6.45, 7) is 1.79. The molecule has 1 heterocycles. The van der Waals surface area contributed by atoms with Crippen LogP contribution in [-0.4, -0.2) is 21.8 Å². The number of Topliss-reactive ketones (excluding diaryl/α,β-unsaturated/α-hetero) is 1. The number of aliphatic carboxylic acids is 1. The maximum atomic E-state index is 12.5. The largest absolute Gasteiger partial charge is 0.481 e. The number of rotatable bonds is 12. The summed E-state index contributed by atoms with van der Waals surface area (Å²) < 4.78 is 0. The molecule has 0 amide bonds. The molecular weight excluding hydrogens is 374 g/mol. The topological polar surface area (TPSA) is 67.3 Å². The van der Waals surface area contributed by atoms with E-state index in [4.69, 9.17) is 16.7 Å². The van der Waals surface area contributed by atoms with Gasteiger partial charge in [0.1, 0.15) is 5.69 Å². The van der Waals surface area contributed by atoms with Crippen LogP contribution in [0.15, 0.2) is 42.6 Å². The average Bonchev–Trinajstić information content (AvgIpc) is 2.64. The van der Waals surface area contributed by atoms with Crippen LogP contribution in [0.2, 0.25) is 5.02 Å². The number of carboxylic acid groups (broad SMARTS) is 1. The Bertz CT molecular complexity index is 791. The number of halogens is 1. The van der Waals surface area contributed by atoms with Crippen molar-refractivity contribution in [1.82, 2.24) is 4.98 Å². The maximum Gasteiger partial charge on any atom is 0.303 e. The molecule has 0 fully saturated rings. The molecule has 0 unspecified atom stereocenters. The van der Waals surface area contributed by atoms with E-state index in [0.29, 0.717) is 5.69 Å². The van der Waals surface area contributed by atoms with E-state index in [1.807, 2.05) is 30.3 Å². The fourth-order valence-corrected chi connectivity index (χ4v) is 3.58. The number of pyridine rings is 1. The molecule has 2 rings (SSSR count). The fraction of sp³-hybridized carbons (Fsp3) is 0.435. The molecule has 5 heteroatoms. The number of carboxylic acids is 1. The Morgan fingerprint density at radius 3 is 2.50 bits per heavy atom. The molecule has 150 valence electrons. The van der Waals surface area contributed by atoms with Crippen molar-refractivity contribution in [3.8, 4) is 0 Å². The summed E-state index contributed by atoms with van der Waals surface area (Å²) in [6.07, 6.45) is 8.04. The zero-order valence-corrected chi connectivity index (χ0v) is 17.1. The first-order chi connectivity index (χ1) is 13.5. The number of carbonyl (C=O) groups excluding carboxylic acids is 1. The van der Waals surface area contributed by atoms with Crippen molar-refractivity contribution < 1.29 is 14.7 Å². The minimum absolute atomic E-state index is 0.000529. The molecule has 28 heavy (non-hydrogen) atoms. The number of aryl methyl sites for hydroxylation is 2. The maximum absolute atomic E-state index is 12.5. The predicted octanol–water partition coefficient (Wildman–Crippen LogP) is 5.76. The van der Waals surface area contributed by atoms with Crippen molar-refractivity contribution >= 4 is 23.4 Å². The highest BCUT2D eigenvalue weighted by Crippen LogP contribution is 2.18. The number of hydrogen-bond acceptors (Lipinski definition) is 3. The Labute approximate surface area is 172 Å². The van der Waals surface area contributed by atoms with Gasteiger partial charge in [-0.25, -0.2) is 0 Å². The molecule has 1 aromatic carbocycles. The van der Waals surface area contributed by atoms with Gasteiger partial charge in [0, 0.05) is 24.1 Å². The minimum atomic E-state index is -0.876. The average molecular weight is 402 g/mol. The summed E-state index contributed by atoms with van der Waals surface area (Å²) in [5.74, 6) is -1.13. The molecule has 0 bridgehead atoms. The normalized spacial score (nSPS) is 11.9. The van der Waals surface area contributed by atoms with E-state index in [2.05, 4.69) is 11.1 Å². The number of benzene rings is 1. The summed E-state index contributed by atoms with van der Waals surface area (Å²) >= 11 is 6.01. The summed E-state index contributed by atoms with van der Waals surface area (Å²) in [6, 6.07) is 11.8. The van der Waals surface area contributed by atoms with Gasteiger partial charge in [-0.15, -0.1) is 0 Å².